The maximum Gasteiger partial charge on any atom is 0.408 e. The van der Waals surface area contributed by atoms with Crippen molar-refractivity contribution < 1.29 is 29.0 Å². The molecular weight excluding hydrogens is 388 g/mol. The van der Waals surface area contributed by atoms with Crippen molar-refractivity contribution in [2.75, 3.05) is 0 Å². The third kappa shape index (κ3) is 7.46. The number of hydrogen-bond donors (Lipinski definition) is 3. The number of carboxylic acid groups (broad SMARTS) is 1. The molecule has 8 heteroatoms. The first-order valence-corrected chi connectivity index (χ1v) is 9.40. The molecule has 2 aromatic carbocycles. The largest absolute Gasteiger partial charge is 0.480 e. The second kappa shape index (κ2) is 10.3. The van der Waals surface area contributed by atoms with E-state index < -0.39 is 35.8 Å². The Bertz CT molecular complexity index is 849. The number of rotatable bonds is 7. The van der Waals surface area contributed by atoms with Crippen molar-refractivity contribution in [3.8, 4) is 0 Å². The zero-order chi connectivity index (χ0) is 22.1. The minimum Gasteiger partial charge on any atom is -0.480 e. The zero-order valence-electron chi connectivity index (χ0n) is 17.1. The molecule has 0 aliphatic rings. The fourth-order valence-corrected chi connectivity index (χ4v) is 2.63. The van der Waals surface area contributed by atoms with Gasteiger partial charge in [-0.05, 0) is 31.9 Å². The summed E-state index contributed by atoms with van der Waals surface area (Å²) in [6, 6.07) is 14.9. The van der Waals surface area contributed by atoms with E-state index in [0.717, 1.165) is 5.56 Å². The molecule has 0 spiro atoms. The molecule has 1 unspecified atom stereocenters. The Morgan fingerprint density at radius 2 is 1.47 bits per heavy atom. The van der Waals surface area contributed by atoms with Crippen molar-refractivity contribution in [1.82, 2.24) is 10.6 Å². The van der Waals surface area contributed by atoms with E-state index in [2.05, 4.69) is 10.6 Å². The number of alkyl carbamates (subject to hydrolysis) is 2. The molecule has 0 bridgehead atoms. The predicted molar refractivity (Wildman–Crippen MR) is 110 cm³/mol. The second-order valence-corrected chi connectivity index (χ2v) is 7.56. The van der Waals surface area contributed by atoms with Gasteiger partial charge >= 0.3 is 18.2 Å². The zero-order valence-corrected chi connectivity index (χ0v) is 17.1. The molecular formula is C22H26N2O6. The van der Waals surface area contributed by atoms with Gasteiger partial charge in [0.25, 0.3) is 0 Å². The normalized spacial score (nSPS) is 12.9. The van der Waals surface area contributed by atoms with Gasteiger partial charge in [0, 0.05) is 0 Å². The summed E-state index contributed by atoms with van der Waals surface area (Å²) in [7, 11) is 0. The van der Waals surface area contributed by atoms with Gasteiger partial charge in [0.2, 0.25) is 0 Å². The van der Waals surface area contributed by atoms with E-state index in [0.29, 0.717) is 5.56 Å². The fraction of sp³-hybridized carbons (Fsp3) is 0.318. The maximum atomic E-state index is 12.3. The van der Waals surface area contributed by atoms with Crippen molar-refractivity contribution in [3.05, 3.63) is 71.8 Å². The van der Waals surface area contributed by atoms with Gasteiger partial charge in [0.05, 0.1) is 6.04 Å². The molecule has 2 aromatic rings. The average Bonchev–Trinajstić information content (AvgIpc) is 2.69. The third-order valence-electron chi connectivity index (χ3n) is 3.92. The smallest absolute Gasteiger partial charge is 0.408 e. The average molecular weight is 414 g/mol. The van der Waals surface area contributed by atoms with Gasteiger partial charge in [0.15, 0.2) is 6.04 Å². The van der Waals surface area contributed by atoms with Gasteiger partial charge in [-0.15, -0.1) is 0 Å². The Labute approximate surface area is 175 Å². The van der Waals surface area contributed by atoms with Crippen LogP contribution >= 0.6 is 0 Å². The van der Waals surface area contributed by atoms with E-state index in [9.17, 15) is 19.5 Å². The number of carboxylic acids is 1. The monoisotopic (exact) mass is 414 g/mol. The van der Waals surface area contributed by atoms with Gasteiger partial charge in [-0.2, -0.15) is 0 Å². The summed E-state index contributed by atoms with van der Waals surface area (Å²) < 4.78 is 10.4. The van der Waals surface area contributed by atoms with Crippen LogP contribution in [0.4, 0.5) is 9.59 Å². The maximum absolute atomic E-state index is 12.3. The van der Waals surface area contributed by atoms with Crippen LogP contribution in [0.3, 0.4) is 0 Å². The number of nitrogens with one attached hydrogen (secondary N) is 2. The SMILES string of the molecule is CC(C)(C)OC(=O)NC(c1ccccc1)[C@H](NC(=O)OCc1ccccc1)C(=O)O. The second-order valence-electron chi connectivity index (χ2n) is 7.56. The lowest BCUT2D eigenvalue weighted by atomic mass is 9.99. The van der Waals surface area contributed by atoms with Gasteiger partial charge in [-0.1, -0.05) is 60.7 Å². The highest BCUT2D eigenvalue weighted by Crippen LogP contribution is 2.19. The number of carbonyl (C=O) groups excluding carboxylic acids is 2. The number of ether oxygens (including phenoxy) is 2. The van der Waals surface area contributed by atoms with Crippen LogP contribution in [0.5, 0.6) is 0 Å². The van der Waals surface area contributed by atoms with E-state index in [1.54, 1.807) is 75.4 Å². The van der Waals surface area contributed by atoms with Crippen molar-refractivity contribution in [2.45, 2.75) is 45.1 Å². The lowest BCUT2D eigenvalue weighted by Crippen LogP contribution is -2.51. The molecule has 30 heavy (non-hydrogen) atoms. The molecule has 0 aliphatic carbocycles. The lowest BCUT2D eigenvalue weighted by Gasteiger charge is -2.28. The summed E-state index contributed by atoms with van der Waals surface area (Å²) >= 11 is 0. The first kappa shape index (κ1) is 22.7. The number of hydrogen-bond acceptors (Lipinski definition) is 5. The highest BCUT2D eigenvalue weighted by Gasteiger charge is 2.34. The highest BCUT2D eigenvalue weighted by atomic mass is 16.6. The van der Waals surface area contributed by atoms with E-state index in [-0.39, 0.29) is 6.61 Å². The van der Waals surface area contributed by atoms with Gasteiger partial charge in [-0.25, -0.2) is 14.4 Å². The molecule has 3 N–H and O–H groups in total. The summed E-state index contributed by atoms with van der Waals surface area (Å²) in [6.07, 6.45) is -1.72. The molecule has 8 nitrogen and oxygen atoms in total. The molecule has 2 amide bonds. The van der Waals surface area contributed by atoms with Crippen LogP contribution in [-0.4, -0.2) is 34.9 Å². The first-order chi connectivity index (χ1) is 14.2. The molecule has 2 atom stereocenters. The Balaban J connectivity index is 2.15. The van der Waals surface area contributed by atoms with Crippen LogP contribution in [0.1, 0.15) is 37.9 Å². The number of amides is 2. The molecule has 0 aliphatic heterocycles. The van der Waals surface area contributed by atoms with E-state index >= 15 is 0 Å². The summed E-state index contributed by atoms with van der Waals surface area (Å²) in [5.41, 5.74) is 0.469. The molecule has 0 saturated heterocycles. The quantitative estimate of drug-likeness (QED) is 0.637. The van der Waals surface area contributed by atoms with Crippen LogP contribution in [0.2, 0.25) is 0 Å². The lowest BCUT2D eigenvalue weighted by molar-refractivity contribution is -0.140. The van der Waals surface area contributed by atoms with Crippen LogP contribution in [0.25, 0.3) is 0 Å². The van der Waals surface area contributed by atoms with Crippen molar-refractivity contribution >= 4 is 18.2 Å². The minimum absolute atomic E-state index is 0.0193. The number of aliphatic carboxylic acids is 1. The Morgan fingerprint density at radius 1 is 0.900 bits per heavy atom. The molecule has 0 heterocycles. The Hall–Kier alpha value is -3.55. The van der Waals surface area contributed by atoms with Crippen LogP contribution in [0, 0.1) is 0 Å². The minimum atomic E-state index is -1.48. The molecule has 2 rings (SSSR count). The highest BCUT2D eigenvalue weighted by molar-refractivity contribution is 5.82. The summed E-state index contributed by atoms with van der Waals surface area (Å²) in [5, 5.41) is 14.6. The molecule has 0 fully saturated rings. The van der Waals surface area contributed by atoms with E-state index in [1.165, 1.54) is 0 Å². The predicted octanol–water partition coefficient (Wildman–Crippen LogP) is 3.63. The number of benzene rings is 2. The van der Waals surface area contributed by atoms with Crippen LogP contribution < -0.4 is 10.6 Å². The van der Waals surface area contributed by atoms with Crippen molar-refractivity contribution in [3.63, 3.8) is 0 Å². The number of carbonyl (C=O) groups is 3. The molecule has 0 aromatic heterocycles. The van der Waals surface area contributed by atoms with E-state index in [1.807, 2.05) is 6.07 Å². The Kier molecular flexibility index (Phi) is 7.80. The van der Waals surface area contributed by atoms with Crippen molar-refractivity contribution in [2.24, 2.45) is 0 Å². The molecule has 0 radical (unpaired) electrons. The van der Waals surface area contributed by atoms with Gasteiger partial charge < -0.3 is 25.2 Å². The fourth-order valence-electron chi connectivity index (χ4n) is 2.63. The standard InChI is InChI=1S/C22H26N2O6/c1-22(2,3)30-21(28)23-17(16-12-8-5-9-13-16)18(19(25)26)24-20(27)29-14-15-10-6-4-7-11-15/h4-13,17-18H,14H2,1-3H3,(H,23,28)(H,24,27)(H,25,26)/t17?,18-/m0/s1. The van der Waals surface area contributed by atoms with Gasteiger partial charge in [-0.3, -0.25) is 0 Å². The van der Waals surface area contributed by atoms with Gasteiger partial charge in [0.1, 0.15) is 12.2 Å². The third-order valence-corrected chi connectivity index (χ3v) is 3.92. The summed E-state index contributed by atoms with van der Waals surface area (Å²) in [5.74, 6) is -1.34. The summed E-state index contributed by atoms with van der Waals surface area (Å²) in [4.78, 5) is 36.5. The molecule has 160 valence electrons. The van der Waals surface area contributed by atoms with E-state index in [4.69, 9.17) is 9.47 Å². The Morgan fingerprint density at radius 3 is 2.00 bits per heavy atom. The molecule has 0 saturated carbocycles. The first-order valence-electron chi connectivity index (χ1n) is 9.40. The topological polar surface area (TPSA) is 114 Å². The summed E-state index contributed by atoms with van der Waals surface area (Å²) in [6.45, 7) is 5.06. The van der Waals surface area contributed by atoms with Crippen molar-refractivity contribution in [1.29, 1.82) is 0 Å². The van der Waals surface area contributed by atoms with Crippen LogP contribution in [-0.2, 0) is 20.9 Å². The van der Waals surface area contributed by atoms with Crippen LogP contribution in [0.15, 0.2) is 60.7 Å².